The summed E-state index contributed by atoms with van der Waals surface area (Å²) in [6, 6.07) is 7.72. The number of rotatable bonds is 9. The lowest BCUT2D eigenvalue weighted by molar-refractivity contribution is 0.0527. The van der Waals surface area contributed by atoms with Gasteiger partial charge in [0.2, 0.25) is 5.89 Å². The number of hydrogen-bond donors (Lipinski definition) is 1. The summed E-state index contributed by atoms with van der Waals surface area (Å²) >= 11 is 7.48. The fraction of sp³-hybridized carbons (Fsp3) is 0.526. The average Bonchev–Trinajstić information content (AvgIpc) is 3.02. The van der Waals surface area contributed by atoms with Crippen LogP contribution in [-0.2, 0) is 16.9 Å². The van der Waals surface area contributed by atoms with Crippen LogP contribution in [0.15, 0.2) is 33.9 Å². The summed E-state index contributed by atoms with van der Waals surface area (Å²) in [6.45, 7) is 6.13. The summed E-state index contributed by atoms with van der Waals surface area (Å²) in [7, 11) is 0. The van der Waals surface area contributed by atoms with E-state index < -0.39 is 5.60 Å². The normalized spacial score (nSPS) is 11.4. The van der Waals surface area contributed by atoms with Gasteiger partial charge in [0.15, 0.2) is 0 Å². The van der Waals surface area contributed by atoms with Crippen molar-refractivity contribution in [2.45, 2.75) is 63.0 Å². The lowest BCUT2D eigenvalue weighted by atomic mass is 10.2. The number of nitrogens with zero attached hydrogens (tertiary/aromatic N) is 2. The number of unbranched alkanes of at least 4 members (excludes halogenated alkanes) is 2. The molecule has 2 rings (SSSR count). The smallest absolute Gasteiger partial charge is 0.407 e. The van der Waals surface area contributed by atoms with E-state index >= 15 is 0 Å². The Kier molecular flexibility index (Phi) is 8.44. The van der Waals surface area contributed by atoms with Crippen molar-refractivity contribution in [3.63, 3.8) is 0 Å². The van der Waals surface area contributed by atoms with Crippen molar-refractivity contribution in [1.82, 2.24) is 15.5 Å². The van der Waals surface area contributed by atoms with Crippen molar-refractivity contribution in [3.05, 3.63) is 40.7 Å². The second kappa shape index (κ2) is 10.6. The van der Waals surface area contributed by atoms with E-state index in [-0.39, 0.29) is 6.09 Å². The molecular formula is C19H26ClN3O3S. The maximum atomic E-state index is 11.5. The number of amides is 1. The molecule has 0 spiro atoms. The number of alkyl carbamates (subject to hydrolysis) is 1. The molecule has 0 atom stereocenters. The van der Waals surface area contributed by atoms with Gasteiger partial charge in [-0.2, -0.15) is 0 Å². The number of carbonyl (C=O) groups excluding carboxylic acids is 1. The molecule has 0 unspecified atom stereocenters. The van der Waals surface area contributed by atoms with E-state index in [0.29, 0.717) is 17.7 Å². The van der Waals surface area contributed by atoms with Crippen LogP contribution >= 0.6 is 23.4 Å². The molecule has 0 aliphatic carbocycles. The van der Waals surface area contributed by atoms with Gasteiger partial charge in [0.25, 0.3) is 5.22 Å². The number of ether oxygens (including phenoxy) is 1. The Morgan fingerprint density at radius 2 is 2.07 bits per heavy atom. The Bertz CT molecular complexity index is 731. The number of aryl methyl sites for hydroxylation is 1. The fourth-order valence-electron chi connectivity index (χ4n) is 2.25. The SMILES string of the molecule is CC(C)(C)OC(=O)NCCCCCc1nnc(SCc2cccc(Cl)c2)o1. The molecule has 0 saturated heterocycles. The number of carbonyl (C=O) groups is 1. The first-order valence-corrected chi connectivity index (χ1v) is 10.3. The predicted molar refractivity (Wildman–Crippen MR) is 107 cm³/mol. The van der Waals surface area contributed by atoms with E-state index in [0.717, 1.165) is 42.0 Å². The number of thioether (sulfide) groups is 1. The van der Waals surface area contributed by atoms with Crippen LogP contribution < -0.4 is 5.32 Å². The van der Waals surface area contributed by atoms with Crippen LogP contribution in [0.5, 0.6) is 0 Å². The zero-order chi connectivity index (χ0) is 19.7. The number of aromatic nitrogens is 2. The van der Waals surface area contributed by atoms with Crippen LogP contribution in [0.1, 0.15) is 51.5 Å². The van der Waals surface area contributed by atoms with Gasteiger partial charge in [-0.25, -0.2) is 4.79 Å². The Morgan fingerprint density at radius 3 is 2.81 bits per heavy atom. The first-order valence-electron chi connectivity index (χ1n) is 8.98. The minimum atomic E-state index is -0.468. The van der Waals surface area contributed by atoms with Gasteiger partial charge in [-0.3, -0.25) is 0 Å². The maximum absolute atomic E-state index is 11.5. The van der Waals surface area contributed by atoms with Gasteiger partial charge in [0, 0.05) is 23.7 Å². The molecule has 0 bridgehead atoms. The predicted octanol–water partition coefficient (Wildman–Crippen LogP) is 5.25. The van der Waals surface area contributed by atoms with E-state index in [2.05, 4.69) is 15.5 Å². The van der Waals surface area contributed by atoms with Gasteiger partial charge < -0.3 is 14.5 Å². The van der Waals surface area contributed by atoms with Crippen LogP contribution in [0.3, 0.4) is 0 Å². The van der Waals surface area contributed by atoms with Crippen LogP contribution in [0.25, 0.3) is 0 Å². The highest BCUT2D eigenvalue weighted by atomic mass is 35.5. The molecule has 0 radical (unpaired) electrons. The van der Waals surface area contributed by atoms with Crippen molar-refractivity contribution >= 4 is 29.5 Å². The summed E-state index contributed by atoms with van der Waals surface area (Å²) in [6.07, 6.45) is 3.13. The highest BCUT2D eigenvalue weighted by Gasteiger charge is 2.15. The summed E-state index contributed by atoms with van der Waals surface area (Å²) in [5.41, 5.74) is 0.648. The highest BCUT2D eigenvalue weighted by molar-refractivity contribution is 7.98. The number of benzene rings is 1. The average molecular weight is 412 g/mol. The van der Waals surface area contributed by atoms with Gasteiger partial charge in [-0.05, 0) is 51.3 Å². The molecule has 0 aliphatic heterocycles. The Balaban J connectivity index is 1.59. The molecule has 2 aromatic rings. The Hall–Kier alpha value is -1.73. The third-order valence-corrected chi connectivity index (χ3v) is 4.56. The highest BCUT2D eigenvalue weighted by Crippen LogP contribution is 2.23. The van der Waals surface area contributed by atoms with Gasteiger partial charge in [0.1, 0.15) is 5.60 Å². The standard InChI is InChI=1S/C19H26ClN3O3S/c1-19(2,3)26-17(24)21-11-6-4-5-10-16-22-23-18(25-16)27-13-14-8-7-9-15(20)12-14/h7-9,12H,4-6,10-11,13H2,1-3H3,(H,21,24). The molecule has 27 heavy (non-hydrogen) atoms. The largest absolute Gasteiger partial charge is 0.444 e. The molecule has 1 aromatic carbocycles. The zero-order valence-corrected chi connectivity index (χ0v) is 17.5. The topological polar surface area (TPSA) is 77.2 Å². The van der Waals surface area contributed by atoms with Gasteiger partial charge >= 0.3 is 6.09 Å². The van der Waals surface area contributed by atoms with Crippen molar-refractivity contribution in [3.8, 4) is 0 Å². The maximum Gasteiger partial charge on any atom is 0.407 e. The van der Waals surface area contributed by atoms with Gasteiger partial charge in [0.05, 0.1) is 0 Å². The minimum absolute atomic E-state index is 0.374. The van der Waals surface area contributed by atoms with E-state index in [9.17, 15) is 4.79 Å². The van der Waals surface area contributed by atoms with Crippen LogP contribution in [0, 0.1) is 0 Å². The van der Waals surface area contributed by atoms with Crippen LogP contribution in [-0.4, -0.2) is 28.4 Å². The van der Waals surface area contributed by atoms with E-state index in [1.165, 1.54) is 11.8 Å². The second-order valence-corrected chi connectivity index (χ2v) is 8.48. The first kappa shape index (κ1) is 21.6. The quantitative estimate of drug-likeness (QED) is 0.448. The molecule has 1 aromatic heterocycles. The number of hydrogen-bond acceptors (Lipinski definition) is 6. The molecule has 148 valence electrons. The van der Waals surface area contributed by atoms with E-state index in [1.54, 1.807) is 0 Å². The molecule has 0 fully saturated rings. The van der Waals surface area contributed by atoms with Crippen molar-refractivity contribution < 1.29 is 13.9 Å². The molecular weight excluding hydrogens is 386 g/mol. The lowest BCUT2D eigenvalue weighted by Crippen LogP contribution is -2.32. The fourth-order valence-corrected chi connectivity index (χ4v) is 3.19. The van der Waals surface area contributed by atoms with Crippen LogP contribution in [0.2, 0.25) is 5.02 Å². The Morgan fingerprint density at radius 1 is 1.26 bits per heavy atom. The molecule has 6 nitrogen and oxygen atoms in total. The summed E-state index contributed by atoms with van der Waals surface area (Å²) < 4.78 is 10.8. The third-order valence-electron chi connectivity index (χ3n) is 3.44. The van der Waals surface area contributed by atoms with Gasteiger partial charge in [-0.1, -0.05) is 41.9 Å². The first-order chi connectivity index (χ1) is 12.8. The van der Waals surface area contributed by atoms with E-state index in [1.807, 2.05) is 45.0 Å². The molecule has 1 amide bonds. The lowest BCUT2D eigenvalue weighted by Gasteiger charge is -2.19. The monoisotopic (exact) mass is 411 g/mol. The van der Waals surface area contributed by atoms with Crippen molar-refractivity contribution in [2.24, 2.45) is 0 Å². The van der Waals surface area contributed by atoms with Crippen LogP contribution in [0.4, 0.5) is 4.79 Å². The molecule has 0 saturated carbocycles. The summed E-state index contributed by atoms with van der Waals surface area (Å²) in [5.74, 6) is 1.38. The summed E-state index contributed by atoms with van der Waals surface area (Å²) in [5, 5.41) is 12.2. The number of nitrogens with one attached hydrogen (secondary N) is 1. The molecule has 1 heterocycles. The third kappa shape index (κ3) is 9.15. The van der Waals surface area contributed by atoms with Gasteiger partial charge in [-0.15, -0.1) is 10.2 Å². The van der Waals surface area contributed by atoms with Crippen molar-refractivity contribution in [1.29, 1.82) is 0 Å². The van der Waals surface area contributed by atoms with Crippen molar-refractivity contribution in [2.75, 3.05) is 6.54 Å². The summed E-state index contributed by atoms with van der Waals surface area (Å²) in [4.78, 5) is 11.5. The minimum Gasteiger partial charge on any atom is -0.444 e. The molecule has 1 N–H and O–H groups in total. The van der Waals surface area contributed by atoms with E-state index in [4.69, 9.17) is 20.8 Å². The molecule has 8 heteroatoms. The second-order valence-electron chi connectivity index (χ2n) is 7.12. The number of halogens is 1. The molecule has 0 aliphatic rings. The Labute approximate surface area is 169 Å². The zero-order valence-electron chi connectivity index (χ0n) is 16.0.